The van der Waals surface area contributed by atoms with E-state index in [2.05, 4.69) is 12.1 Å². The van der Waals surface area contributed by atoms with Crippen LogP contribution >= 0.6 is 0 Å². The van der Waals surface area contributed by atoms with Crippen LogP contribution in [0, 0.1) is 71.0 Å². The molecule has 0 heterocycles. The molecule has 0 atom stereocenters. The van der Waals surface area contributed by atoms with Gasteiger partial charge in [-0.25, -0.2) is 0 Å². The first-order valence-corrected chi connectivity index (χ1v) is 5.71. The van der Waals surface area contributed by atoms with Crippen LogP contribution in [0.15, 0.2) is 0 Å². The van der Waals surface area contributed by atoms with E-state index in [1.54, 1.807) is 0 Å². The Hall–Kier alpha value is -1.72. The van der Waals surface area contributed by atoms with Crippen molar-refractivity contribution in [1.82, 2.24) is 0 Å². The molecule has 1 radical (unpaired) electrons. The van der Waals surface area contributed by atoms with Crippen LogP contribution in [-0.2, 0) is 12.1 Å². The van der Waals surface area contributed by atoms with Gasteiger partial charge in [0.15, 0.2) is 0 Å². The van der Waals surface area contributed by atoms with Gasteiger partial charge in [-0.2, -0.15) is 0 Å². The Balaban J connectivity index is -0.00000000817. The molecule has 0 fully saturated rings. The van der Waals surface area contributed by atoms with Crippen molar-refractivity contribution < 1.29 is 12.1 Å². The Morgan fingerprint density at radius 2 is 0.429 bits per heavy atom. The number of rotatable bonds is 0. The van der Waals surface area contributed by atoms with Crippen molar-refractivity contribution in [3.63, 3.8) is 0 Å². The number of hydrogen-bond donors (Lipinski definition) is 0. The molecule has 0 saturated heterocycles. The van der Waals surface area contributed by atoms with Gasteiger partial charge in [0.1, 0.15) is 0 Å². The van der Waals surface area contributed by atoms with Gasteiger partial charge in [0.05, 0.1) is 0 Å². The molecular formula is C6FeN6Sb-6. The van der Waals surface area contributed by atoms with E-state index in [4.69, 9.17) is 71.0 Å². The fraction of sp³-hybridized carbons (Fsp3) is 0. The van der Waals surface area contributed by atoms with Gasteiger partial charge < -0.3 is 71.0 Å². The fourth-order valence-electron chi connectivity index (χ4n) is 0. The van der Waals surface area contributed by atoms with Crippen molar-refractivity contribution in [3.05, 3.63) is 39.4 Å². The predicted octanol–water partition coefficient (Wildman–Crippen LogP) is 0.195. The molecule has 0 bridgehead atoms. The van der Waals surface area contributed by atoms with Crippen molar-refractivity contribution in [2.45, 2.75) is 0 Å². The van der Waals surface area contributed by atoms with Crippen molar-refractivity contribution in [2.24, 2.45) is 0 Å². The molecule has 0 spiro atoms. The summed E-state index contributed by atoms with van der Waals surface area (Å²) in [7, 11) is 0. The first kappa shape index (κ1) is 56.1. The standard InChI is InChI=1S/6CN.Fe.Sb/c6*1-2;;/q6*-1;;. The summed E-state index contributed by atoms with van der Waals surface area (Å²) in [6.45, 7) is 28.5. The van der Waals surface area contributed by atoms with E-state index >= 15 is 0 Å². The summed E-state index contributed by atoms with van der Waals surface area (Å²) in [6, 6.07) is 0. The summed E-state index contributed by atoms with van der Waals surface area (Å²) >= 11 is 4.80. The van der Waals surface area contributed by atoms with Crippen molar-refractivity contribution in [3.8, 4) is 0 Å². The summed E-state index contributed by atoms with van der Waals surface area (Å²) in [5.41, 5.74) is 0. The molecule has 0 aliphatic heterocycles. The Morgan fingerprint density at radius 1 is 0.429 bits per heavy atom. The molecular weight excluding hydrogens is 334 g/mol. The van der Waals surface area contributed by atoms with Gasteiger partial charge >= 0.3 is 32.3 Å². The Bertz CT molecular complexity index is 109. The molecule has 0 aromatic carbocycles. The average Bonchev–Trinajstić information content (AvgIpc) is 2.45. The maximum atomic E-state index is 6.25. The van der Waals surface area contributed by atoms with Gasteiger partial charge in [0.25, 0.3) is 0 Å². The quantitative estimate of drug-likeness (QED) is 0.457. The zero-order chi connectivity index (χ0) is 14.0. The zero-order valence-electron chi connectivity index (χ0n) is 6.48. The molecule has 0 aromatic heterocycles. The predicted molar refractivity (Wildman–Crippen MR) is 35.6 cm³/mol. The van der Waals surface area contributed by atoms with E-state index in [0.717, 1.165) is 0 Å². The molecule has 0 amide bonds. The second-order valence-electron chi connectivity index (χ2n) is 0. The van der Waals surface area contributed by atoms with E-state index < -0.39 is 0 Å². The normalized spacial score (nSPS) is 1.21. The van der Waals surface area contributed by atoms with Crippen LogP contribution in [0.2, 0.25) is 0 Å². The maximum absolute atomic E-state index is 6.25. The molecule has 0 aliphatic rings. The van der Waals surface area contributed by atoms with Crippen molar-refractivity contribution in [2.75, 3.05) is 0 Å². The van der Waals surface area contributed by atoms with Crippen molar-refractivity contribution >= 4 is 20.2 Å². The molecule has 8 heteroatoms. The molecule has 73 valence electrons. The number of hydrogen-bond acceptors (Lipinski definition) is 6. The van der Waals surface area contributed by atoms with E-state index in [9.17, 15) is 0 Å². The van der Waals surface area contributed by atoms with Crippen LogP contribution in [0.1, 0.15) is 0 Å². The first-order chi connectivity index (χ1) is 7.00. The van der Waals surface area contributed by atoms with Crippen LogP contribution < -0.4 is 0 Å². The van der Waals surface area contributed by atoms with Gasteiger partial charge in [0, 0.05) is 0 Å². The summed E-state index contributed by atoms with van der Waals surface area (Å²) < 4.78 is 0. The SMILES string of the molecule is [C-]#N.[C-]#N.[C-]#N.[C-]#N.[C-]#N.[C-]#N.[Fe]=[Sb]. The molecule has 0 saturated carbocycles. The molecule has 0 unspecified atom stereocenters. The van der Waals surface area contributed by atoms with Crippen molar-refractivity contribution in [1.29, 1.82) is 31.6 Å². The third kappa shape index (κ3) is 298. The van der Waals surface area contributed by atoms with Gasteiger partial charge in [-0.15, -0.1) is 0 Å². The van der Waals surface area contributed by atoms with Gasteiger partial charge in [-0.05, 0) is 0 Å². The van der Waals surface area contributed by atoms with Crippen LogP contribution in [0.3, 0.4) is 0 Å². The summed E-state index contributed by atoms with van der Waals surface area (Å²) in [4.78, 5) is 0. The summed E-state index contributed by atoms with van der Waals surface area (Å²) in [5.74, 6) is 0. The van der Waals surface area contributed by atoms with Crippen LogP contribution in [0.5, 0.6) is 0 Å². The number of nitrogens with zero attached hydrogens (tertiary/aromatic N) is 6. The monoisotopic (exact) mass is 333 g/mol. The molecule has 0 aliphatic carbocycles. The summed E-state index contributed by atoms with van der Waals surface area (Å²) in [6.07, 6.45) is 0. The van der Waals surface area contributed by atoms with E-state index in [-0.39, 0.29) is 0 Å². The van der Waals surface area contributed by atoms with Crippen LogP contribution in [0.25, 0.3) is 0 Å². The third-order valence-electron chi connectivity index (χ3n) is 0. The van der Waals surface area contributed by atoms with Crippen LogP contribution in [0.4, 0.5) is 0 Å². The molecule has 0 N–H and O–H groups in total. The van der Waals surface area contributed by atoms with E-state index in [1.165, 1.54) is 20.2 Å². The first-order valence-electron chi connectivity index (χ1n) is 1.50. The molecule has 14 heavy (non-hydrogen) atoms. The zero-order valence-corrected chi connectivity index (χ0v) is 10.1. The van der Waals surface area contributed by atoms with Crippen LogP contribution in [-0.4, -0.2) is 20.2 Å². The van der Waals surface area contributed by atoms with Gasteiger partial charge in [0.2, 0.25) is 0 Å². The summed E-state index contributed by atoms with van der Waals surface area (Å²) in [5, 5.41) is 37.5. The average molecular weight is 334 g/mol. The Labute approximate surface area is 103 Å². The van der Waals surface area contributed by atoms with Gasteiger partial charge in [-0.1, -0.05) is 0 Å². The molecule has 0 rings (SSSR count). The molecule has 6 nitrogen and oxygen atoms in total. The minimum absolute atomic E-state index is 1.50. The second-order valence-corrected chi connectivity index (χ2v) is 0. The van der Waals surface area contributed by atoms with Gasteiger partial charge in [-0.3, -0.25) is 0 Å². The minimum atomic E-state index is 1.50. The fourth-order valence-corrected chi connectivity index (χ4v) is 0. The topological polar surface area (TPSA) is 143 Å². The Morgan fingerprint density at radius 3 is 0.429 bits per heavy atom. The van der Waals surface area contributed by atoms with E-state index in [1.807, 2.05) is 0 Å². The third-order valence-corrected chi connectivity index (χ3v) is 0. The molecule has 0 aromatic rings. The van der Waals surface area contributed by atoms with E-state index in [0.29, 0.717) is 0 Å². The Kier molecular flexibility index (Phi) is 1610. The second kappa shape index (κ2) is 402.